The van der Waals surface area contributed by atoms with Crippen molar-refractivity contribution in [3.8, 4) is 11.4 Å². The monoisotopic (exact) mass is 212 g/mol. The highest BCUT2D eigenvalue weighted by molar-refractivity contribution is 5.80. The Balaban J connectivity index is 2.10. The number of imidazole rings is 1. The Morgan fingerprint density at radius 2 is 1.94 bits per heavy atom. The number of carbonyl (C=O) groups is 1. The van der Waals surface area contributed by atoms with Gasteiger partial charge in [0.1, 0.15) is 5.82 Å². The third-order valence-corrected chi connectivity index (χ3v) is 2.96. The van der Waals surface area contributed by atoms with Gasteiger partial charge in [-0.05, 0) is 6.42 Å². The Bertz CT molecular complexity index is 528. The van der Waals surface area contributed by atoms with E-state index < -0.39 is 0 Å². The minimum Gasteiger partial charge on any atom is -0.321 e. The first-order valence-electron chi connectivity index (χ1n) is 5.46. The van der Waals surface area contributed by atoms with E-state index in [1.54, 1.807) is 0 Å². The van der Waals surface area contributed by atoms with E-state index in [1.807, 2.05) is 41.1 Å². The summed E-state index contributed by atoms with van der Waals surface area (Å²) in [5.41, 5.74) is 2.24. The number of hydrogen-bond donors (Lipinski definition) is 0. The maximum atomic E-state index is 11.5. The van der Waals surface area contributed by atoms with Crippen LogP contribution in [0.3, 0.4) is 0 Å². The van der Waals surface area contributed by atoms with Crippen LogP contribution in [0.2, 0.25) is 0 Å². The predicted octanol–water partition coefficient (Wildman–Crippen LogP) is 2.07. The van der Waals surface area contributed by atoms with Crippen molar-refractivity contribution in [1.82, 2.24) is 9.55 Å². The average molecular weight is 212 g/mol. The summed E-state index contributed by atoms with van der Waals surface area (Å²) >= 11 is 0. The highest BCUT2D eigenvalue weighted by Gasteiger charge is 2.19. The number of aromatic nitrogens is 2. The quantitative estimate of drug-likeness (QED) is 0.725. The van der Waals surface area contributed by atoms with Gasteiger partial charge in [0.2, 0.25) is 0 Å². The van der Waals surface area contributed by atoms with Gasteiger partial charge in [0.25, 0.3) is 0 Å². The molecule has 0 bridgehead atoms. The molecular weight excluding hydrogens is 200 g/mol. The number of hydrogen-bond acceptors (Lipinski definition) is 2. The SMILES string of the molecule is O=C1CCc2cnc(-c3ccccc3)n2C1. The van der Waals surface area contributed by atoms with E-state index in [0.29, 0.717) is 18.7 Å². The van der Waals surface area contributed by atoms with Crippen molar-refractivity contribution >= 4 is 5.78 Å². The molecule has 0 fully saturated rings. The summed E-state index contributed by atoms with van der Waals surface area (Å²) in [6.45, 7) is 0.472. The van der Waals surface area contributed by atoms with Crippen LogP contribution in [0, 0.1) is 0 Å². The van der Waals surface area contributed by atoms with E-state index in [0.717, 1.165) is 17.8 Å². The smallest absolute Gasteiger partial charge is 0.152 e. The fraction of sp³-hybridized carbons (Fsp3) is 0.231. The van der Waals surface area contributed by atoms with Gasteiger partial charge in [-0.25, -0.2) is 4.98 Å². The Morgan fingerprint density at radius 3 is 2.75 bits per heavy atom. The number of fused-ring (bicyclic) bond motifs is 1. The molecule has 1 aliphatic rings. The fourth-order valence-corrected chi connectivity index (χ4v) is 2.13. The Morgan fingerprint density at radius 1 is 1.12 bits per heavy atom. The Kier molecular flexibility index (Phi) is 2.10. The minimum atomic E-state index is 0.294. The molecule has 0 saturated heterocycles. The van der Waals surface area contributed by atoms with Crippen molar-refractivity contribution in [2.24, 2.45) is 0 Å². The molecular formula is C13H12N2O. The van der Waals surface area contributed by atoms with Crippen molar-refractivity contribution in [3.05, 3.63) is 42.2 Å². The van der Waals surface area contributed by atoms with Gasteiger partial charge in [-0.1, -0.05) is 30.3 Å². The normalized spacial score (nSPS) is 14.9. The first kappa shape index (κ1) is 9.33. The van der Waals surface area contributed by atoms with Crippen LogP contribution in [0.15, 0.2) is 36.5 Å². The lowest BCUT2D eigenvalue weighted by Gasteiger charge is -2.15. The van der Waals surface area contributed by atoms with Gasteiger partial charge < -0.3 is 4.57 Å². The lowest BCUT2D eigenvalue weighted by atomic mass is 10.1. The number of Topliss-reactive ketones (excluding diaryl/α,β-unsaturated/α-hetero) is 1. The van der Waals surface area contributed by atoms with Crippen LogP contribution in [-0.2, 0) is 17.8 Å². The van der Waals surface area contributed by atoms with Crippen molar-refractivity contribution in [1.29, 1.82) is 0 Å². The van der Waals surface area contributed by atoms with E-state index >= 15 is 0 Å². The lowest BCUT2D eigenvalue weighted by Crippen LogP contribution is -2.19. The molecule has 0 aliphatic carbocycles. The molecule has 2 heterocycles. The van der Waals surface area contributed by atoms with Gasteiger partial charge in [0, 0.05) is 23.9 Å². The molecule has 0 amide bonds. The van der Waals surface area contributed by atoms with Crippen LogP contribution in [-0.4, -0.2) is 15.3 Å². The maximum absolute atomic E-state index is 11.5. The molecule has 3 heteroatoms. The van der Waals surface area contributed by atoms with Crippen LogP contribution < -0.4 is 0 Å². The zero-order chi connectivity index (χ0) is 11.0. The molecule has 1 aliphatic heterocycles. The van der Waals surface area contributed by atoms with Gasteiger partial charge in [0.15, 0.2) is 5.78 Å². The second-order valence-corrected chi connectivity index (χ2v) is 4.06. The first-order chi connectivity index (χ1) is 7.84. The summed E-state index contributed by atoms with van der Waals surface area (Å²) in [6.07, 6.45) is 3.35. The molecule has 3 rings (SSSR count). The van der Waals surface area contributed by atoms with Gasteiger partial charge in [-0.3, -0.25) is 4.79 Å². The standard InChI is InChI=1S/C13H12N2O/c16-12-7-6-11-8-14-13(15(11)9-12)10-4-2-1-3-5-10/h1-5,8H,6-7,9H2. The predicted molar refractivity (Wildman–Crippen MR) is 61.0 cm³/mol. The molecule has 16 heavy (non-hydrogen) atoms. The lowest BCUT2D eigenvalue weighted by molar-refractivity contribution is -0.120. The highest BCUT2D eigenvalue weighted by Crippen LogP contribution is 2.22. The van der Waals surface area contributed by atoms with Gasteiger partial charge >= 0.3 is 0 Å². The van der Waals surface area contributed by atoms with Crippen LogP contribution in [0.5, 0.6) is 0 Å². The van der Waals surface area contributed by atoms with Crippen molar-refractivity contribution in [2.75, 3.05) is 0 Å². The second kappa shape index (κ2) is 3.59. The molecule has 1 aromatic heterocycles. The number of carbonyl (C=O) groups excluding carboxylic acids is 1. The number of rotatable bonds is 1. The molecule has 1 aromatic carbocycles. The summed E-state index contributed by atoms with van der Waals surface area (Å²) in [5, 5.41) is 0. The third-order valence-electron chi connectivity index (χ3n) is 2.96. The second-order valence-electron chi connectivity index (χ2n) is 4.06. The number of aryl methyl sites for hydroxylation is 1. The van der Waals surface area contributed by atoms with E-state index in [4.69, 9.17) is 0 Å². The molecule has 0 N–H and O–H groups in total. The third kappa shape index (κ3) is 1.45. The van der Waals surface area contributed by atoms with Crippen molar-refractivity contribution < 1.29 is 4.79 Å². The molecule has 0 unspecified atom stereocenters. The van der Waals surface area contributed by atoms with E-state index in [9.17, 15) is 4.79 Å². The summed E-state index contributed by atoms with van der Waals surface area (Å²) in [6, 6.07) is 10.0. The van der Waals surface area contributed by atoms with Crippen molar-refractivity contribution in [2.45, 2.75) is 19.4 Å². The average Bonchev–Trinajstić information content (AvgIpc) is 2.73. The summed E-state index contributed by atoms with van der Waals surface area (Å²) in [7, 11) is 0. The largest absolute Gasteiger partial charge is 0.321 e. The Labute approximate surface area is 93.7 Å². The van der Waals surface area contributed by atoms with Gasteiger partial charge in [-0.2, -0.15) is 0 Å². The summed E-state index contributed by atoms with van der Waals surface area (Å²) < 4.78 is 2.03. The number of benzene rings is 1. The maximum Gasteiger partial charge on any atom is 0.152 e. The summed E-state index contributed by atoms with van der Waals surface area (Å²) in [4.78, 5) is 15.9. The molecule has 0 spiro atoms. The van der Waals surface area contributed by atoms with E-state index in [1.165, 1.54) is 5.69 Å². The topological polar surface area (TPSA) is 34.9 Å². The molecule has 2 aromatic rings. The van der Waals surface area contributed by atoms with E-state index in [-0.39, 0.29) is 0 Å². The zero-order valence-corrected chi connectivity index (χ0v) is 8.89. The molecule has 0 radical (unpaired) electrons. The molecule has 0 atom stereocenters. The minimum absolute atomic E-state index is 0.294. The van der Waals surface area contributed by atoms with Crippen molar-refractivity contribution in [3.63, 3.8) is 0 Å². The van der Waals surface area contributed by atoms with E-state index in [2.05, 4.69) is 4.98 Å². The Hall–Kier alpha value is -1.90. The molecule has 3 nitrogen and oxygen atoms in total. The molecule has 0 saturated carbocycles. The van der Waals surface area contributed by atoms with Gasteiger partial charge in [-0.15, -0.1) is 0 Å². The van der Waals surface area contributed by atoms with Crippen LogP contribution >= 0.6 is 0 Å². The number of ketones is 1. The van der Waals surface area contributed by atoms with Gasteiger partial charge in [0.05, 0.1) is 6.54 Å². The van der Waals surface area contributed by atoms with Crippen LogP contribution in [0.25, 0.3) is 11.4 Å². The fourth-order valence-electron chi connectivity index (χ4n) is 2.13. The molecule has 80 valence electrons. The van der Waals surface area contributed by atoms with Crippen LogP contribution in [0.4, 0.5) is 0 Å². The number of nitrogens with zero attached hydrogens (tertiary/aromatic N) is 2. The summed E-state index contributed by atoms with van der Waals surface area (Å²) in [5.74, 6) is 1.20. The van der Waals surface area contributed by atoms with Crippen LogP contribution in [0.1, 0.15) is 12.1 Å². The first-order valence-corrected chi connectivity index (χ1v) is 5.46. The highest BCUT2D eigenvalue weighted by atomic mass is 16.1. The zero-order valence-electron chi connectivity index (χ0n) is 8.89.